The summed E-state index contributed by atoms with van der Waals surface area (Å²) in [5.41, 5.74) is 1.02. The van der Waals surface area contributed by atoms with Crippen LogP contribution in [0.4, 0.5) is 5.69 Å². The molecule has 1 aliphatic rings. The van der Waals surface area contributed by atoms with Crippen molar-refractivity contribution in [1.82, 2.24) is 19.8 Å². The molecule has 0 saturated carbocycles. The molecule has 1 fully saturated rings. The fraction of sp³-hybridized carbons (Fsp3) is 0.400. The largest absolute Gasteiger partial charge is 0.367 e. The number of thioether (sulfide) groups is 1. The second-order valence-electron chi connectivity index (χ2n) is 5.51. The second-order valence-corrected chi connectivity index (χ2v) is 6.86. The van der Waals surface area contributed by atoms with Crippen molar-refractivity contribution in [2.75, 3.05) is 42.7 Å². The molecule has 9 heteroatoms. The number of nitrogens with zero attached hydrogens (tertiary/aromatic N) is 5. The maximum Gasteiger partial charge on any atom is 0.233 e. The lowest BCUT2D eigenvalue weighted by atomic mass is 10.2. The van der Waals surface area contributed by atoms with Crippen LogP contribution in [0, 0.1) is 6.92 Å². The van der Waals surface area contributed by atoms with Crippen LogP contribution in [0.5, 0.6) is 0 Å². The Morgan fingerprint density at radius 1 is 1.25 bits per heavy atom. The fourth-order valence-electron chi connectivity index (χ4n) is 2.57. The minimum Gasteiger partial charge on any atom is -0.367 e. The lowest BCUT2D eigenvalue weighted by Crippen LogP contribution is -2.49. The Kier molecular flexibility index (Phi) is 5.15. The number of nitrogens with two attached hydrogens (primary N) is 1. The number of nitrogen functional groups attached to an aromatic ring is 1. The third kappa shape index (κ3) is 3.59. The van der Waals surface area contributed by atoms with Crippen LogP contribution in [0.2, 0.25) is 5.02 Å². The van der Waals surface area contributed by atoms with Crippen molar-refractivity contribution in [2.24, 2.45) is 0 Å². The average Bonchev–Trinajstić information content (AvgIpc) is 2.92. The molecule has 2 aromatic rings. The van der Waals surface area contributed by atoms with Crippen molar-refractivity contribution in [2.45, 2.75) is 12.1 Å². The van der Waals surface area contributed by atoms with E-state index in [1.165, 1.54) is 16.4 Å². The number of anilines is 1. The van der Waals surface area contributed by atoms with Crippen LogP contribution in [0.15, 0.2) is 29.4 Å². The Labute approximate surface area is 149 Å². The molecule has 7 nitrogen and oxygen atoms in total. The molecule has 0 bridgehead atoms. The van der Waals surface area contributed by atoms with Crippen molar-refractivity contribution in [3.05, 3.63) is 35.1 Å². The molecular weight excluding hydrogens is 348 g/mol. The molecule has 1 aliphatic heterocycles. The molecule has 0 spiro atoms. The van der Waals surface area contributed by atoms with E-state index in [1.54, 1.807) is 6.92 Å². The van der Waals surface area contributed by atoms with Crippen molar-refractivity contribution >= 4 is 35.0 Å². The lowest BCUT2D eigenvalue weighted by molar-refractivity contribution is -0.128. The molecule has 2 N–H and O–H groups in total. The van der Waals surface area contributed by atoms with E-state index in [0.717, 1.165) is 23.8 Å². The highest BCUT2D eigenvalue weighted by Gasteiger charge is 2.22. The van der Waals surface area contributed by atoms with Gasteiger partial charge in [0.05, 0.1) is 16.5 Å². The molecule has 1 amide bonds. The van der Waals surface area contributed by atoms with Crippen LogP contribution < -0.4 is 10.7 Å². The summed E-state index contributed by atoms with van der Waals surface area (Å²) in [6, 6.07) is 7.78. The summed E-state index contributed by atoms with van der Waals surface area (Å²) in [5, 5.41) is 9.13. The van der Waals surface area contributed by atoms with Gasteiger partial charge < -0.3 is 15.6 Å². The first-order valence-electron chi connectivity index (χ1n) is 7.63. The summed E-state index contributed by atoms with van der Waals surface area (Å²) in [6.45, 7) is 4.67. The highest BCUT2D eigenvalue weighted by molar-refractivity contribution is 7.99. The number of benzene rings is 1. The third-order valence-corrected chi connectivity index (χ3v) is 5.23. The SMILES string of the molecule is Cc1nnc(SCC(=O)N2CCN(c3ccccc3Cl)CC2)n1N. The molecule has 24 heavy (non-hydrogen) atoms. The molecule has 128 valence electrons. The Balaban J connectivity index is 1.52. The van der Waals surface area contributed by atoms with Gasteiger partial charge in [-0.2, -0.15) is 0 Å². The molecule has 0 unspecified atom stereocenters. The molecule has 1 aromatic heterocycles. The highest BCUT2D eigenvalue weighted by Crippen LogP contribution is 2.26. The van der Waals surface area contributed by atoms with E-state index in [-0.39, 0.29) is 5.91 Å². The van der Waals surface area contributed by atoms with Gasteiger partial charge in [0, 0.05) is 26.2 Å². The Morgan fingerprint density at radius 2 is 1.96 bits per heavy atom. The normalized spacial score (nSPS) is 14.9. The fourth-order valence-corrected chi connectivity index (χ4v) is 3.63. The van der Waals surface area contributed by atoms with Crippen LogP contribution >= 0.6 is 23.4 Å². The van der Waals surface area contributed by atoms with Crippen molar-refractivity contribution in [3.63, 3.8) is 0 Å². The van der Waals surface area contributed by atoms with E-state index in [0.29, 0.717) is 29.8 Å². The van der Waals surface area contributed by atoms with Gasteiger partial charge in [-0.3, -0.25) is 4.79 Å². The van der Waals surface area contributed by atoms with Crippen molar-refractivity contribution in [3.8, 4) is 0 Å². The summed E-state index contributed by atoms with van der Waals surface area (Å²) < 4.78 is 1.40. The molecule has 2 heterocycles. The Hall–Kier alpha value is -1.93. The predicted octanol–water partition coefficient (Wildman–Crippen LogP) is 1.39. The summed E-state index contributed by atoms with van der Waals surface area (Å²) in [5.74, 6) is 6.80. The average molecular weight is 367 g/mol. The predicted molar refractivity (Wildman–Crippen MR) is 95.9 cm³/mol. The van der Waals surface area contributed by atoms with Gasteiger partial charge in [-0.25, -0.2) is 4.68 Å². The first-order chi connectivity index (χ1) is 11.6. The summed E-state index contributed by atoms with van der Waals surface area (Å²) in [7, 11) is 0. The van der Waals surface area contributed by atoms with Crippen LogP contribution in [0.1, 0.15) is 5.82 Å². The summed E-state index contributed by atoms with van der Waals surface area (Å²) in [4.78, 5) is 16.4. The van der Waals surface area contributed by atoms with Crippen molar-refractivity contribution in [1.29, 1.82) is 0 Å². The zero-order valence-electron chi connectivity index (χ0n) is 13.4. The van der Waals surface area contributed by atoms with Crippen LogP contribution in [0.25, 0.3) is 0 Å². The Bertz CT molecular complexity index is 729. The number of piperazine rings is 1. The minimum absolute atomic E-state index is 0.0828. The lowest BCUT2D eigenvalue weighted by Gasteiger charge is -2.36. The topological polar surface area (TPSA) is 80.3 Å². The first-order valence-corrected chi connectivity index (χ1v) is 9.00. The smallest absolute Gasteiger partial charge is 0.233 e. The molecule has 1 saturated heterocycles. The number of halogens is 1. The standard InChI is InChI=1S/C15H19ClN6OS/c1-11-18-19-15(22(11)17)24-10-14(23)21-8-6-20(7-9-21)13-5-3-2-4-12(13)16/h2-5H,6-10,17H2,1H3. The van der Waals surface area contributed by atoms with Gasteiger partial charge in [0.2, 0.25) is 11.1 Å². The van der Waals surface area contributed by atoms with E-state index >= 15 is 0 Å². The zero-order valence-corrected chi connectivity index (χ0v) is 14.9. The minimum atomic E-state index is 0.0828. The van der Waals surface area contributed by atoms with Gasteiger partial charge in [-0.05, 0) is 19.1 Å². The van der Waals surface area contributed by atoms with E-state index in [2.05, 4.69) is 15.1 Å². The number of aromatic nitrogens is 3. The quantitative estimate of drug-likeness (QED) is 0.650. The highest BCUT2D eigenvalue weighted by atomic mass is 35.5. The molecular formula is C15H19ClN6OS. The maximum atomic E-state index is 12.4. The number of amides is 1. The molecule has 0 aliphatic carbocycles. The Morgan fingerprint density at radius 3 is 2.58 bits per heavy atom. The van der Waals surface area contributed by atoms with E-state index < -0.39 is 0 Å². The van der Waals surface area contributed by atoms with Gasteiger partial charge in [0.1, 0.15) is 5.82 Å². The number of hydrogen-bond acceptors (Lipinski definition) is 6. The molecule has 0 atom stereocenters. The molecule has 0 radical (unpaired) electrons. The maximum absolute atomic E-state index is 12.4. The summed E-state index contributed by atoms with van der Waals surface area (Å²) >= 11 is 7.55. The number of carbonyl (C=O) groups excluding carboxylic acids is 1. The van der Waals surface area contributed by atoms with Gasteiger partial charge in [-0.15, -0.1) is 10.2 Å². The van der Waals surface area contributed by atoms with Gasteiger partial charge in [-0.1, -0.05) is 35.5 Å². The number of carbonyl (C=O) groups is 1. The van der Waals surface area contributed by atoms with Gasteiger partial charge in [0.25, 0.3) is 0 Å². The number of aryl methyl sites for hydroxylation is 1. The van der Waals surface area contributed by atoms with E-state index in [1.807, 2.05) is 29.2 Å². The number of para-hydroxylation sites is 1. The van der Waals surface area contributed by atoms with Crippen LogP contribution in [0.3, 0.4) is 0 Å². The second kappa shape index (κ2) is 7.31. The number of hydrogen-bond donors (Lipinski definition) is 1. The van der Waals surface area contributed by atoms with Crippen LogP contribution in [-0.4, -0.2) is 57.6 Å². The summed E-state index contributed by atoms with van der Waals surface area (Å²) in [6.07, 6.45) is 0. The van der Waals surface area contributed by atoms with Crippen LogP contribution in [-0.2, 0) is 4.79 Å². The molecule has 1 aromatic carbocycles. The van der Waals surface area contributed by atoms with Gasteiger partial charge in [0.15, 0.2) is 0 Å². The van der Waals surface area contributed by atoms with Gasteiger partial charge >= 0.3 is 0 Å². The first kappa shape index (κ1) is 16.9. The monoisotopic (exact) mass is 366 g/mol. The molecule has 3 rings (SSSR count). The zero-order chi connectivity index (χ0) is 17.1. The van der Waals surface area contributed by atoms with E-state index in [9.17, 15) is 4.79 Å². The number of rotatable bonds is 4. The van der Waals surface area contributed by atoms with E-state index in [4.69, 9.17) is 17.4 Å². The third-order valence-electron chi connectivity index (χ3n) is 3.99. The van der Waals surface area contributed by atoms with Crippen molar-refractivity contribution < 1.29 is 4.79 Å².